The first-order valence-electron chi connectivity index (χ1n) is 7.58. The molecule has 1 amide bonds. The minimum absolute atomic E-state index is 0.0518. The van der Waals surface area contributed by atoms with Crippen LogP contribution in [0.15, 0.2) is 18.7 Å². The molecular formula is C15H22N4O2. The largest absolute Gasteiger partial charge is 0.375 e. The van der Waals surface area contributed by atoms with Gasteiger partial charge < -0.3 is 15.0 Å². The number of carbonyl (C=O) groups excluding carboxylic acids is 1. The van der Waals surface area contributed by atoms with E-state index < -0.39 is 0 Å². The second-order valence-corrected chi connectivity index (χ2v) is 6.01. The fraction of sp³-hybridized carbons (Fsp3) is 0.667. The van der Waals surface area contributed by atoms with Crippen molar-refractivity contribution in [3.8, 4) is 0 Å². The van der Waals surface area contributed by atoms with Gasteiger partial charge in [-0.3, -0.25) is 4.79 Å². The van der Waals surface area contributed by atoms with Gasteiger partial charge in [-0.25, -0.2) is 9.97 Å². The first-order valence-corrected chi connectivity index (χ1v) is 7.58. The van der Waals surface area contributed by atoms with Gasteiger partial charge in [0.2, 0.25) is 5.91 Å². The predicted octanol–water partition coefficient (Wildman–Crippen LogP) is 1.13. The third-order valence-electron chi connectivity index (χ3n) is 4.49. The van der Waals surface area contributed by atoms with Crippen LogP contribution in [0.5, 0.6) is 0 Å². The van der Waals surface area contributed by atoms with Crippen LogP contribution in [-0.4, -0.2) is 47.2 Å². The second-order valence-electron chi connectivity index (χ2n) is 6.01. The van der Waals surface area contributed by atoms with Gasteiger partial charge in [-0.15, -0.1) is 0 Å². The number of ether oxygens (including phenoxy) is 1. The van der Waals surface area contributed by atoms with E-state index in [0.717, 1.165) is 51.1 Å². The molecule has 3 rings (SSSR count). The van der Waals surface area contributed by atoms with Crippen LogP contribution in [-0.2, 0) is 9.53 Å². The molecule has 0 aromatic carbocycles. The Morgan fingerprint density at radius 3 is 2.76 bits per heavy atom. The van der Waals surface area contributed by atoms with Gasteiger partial charge in [0.15, 0.2) is 0 Å². The Balaban J connectivity index is 1.60. The lowest BCUT2D eigenvalue weighted by Gasteiger charge is -2.46. The number of amides is 1. The van der Waals surface area contributed by atoms with E-state index in [4.69, 9.17) is 4.74 Å². The molecule has 114 valence electrons. The summed E-state index contributed by atoms with van der Waals surface area (Å²) in [4.78, 5) is 21.7. The number of rotatable bonds is 2. The molecule has 0 unspecified atom stereocenters. The van der Waals surface area contributed by atoms with Crippen LogP contribution in [0.4, 0.5) is 5.69 Å². The fourth-order valence-electron chi connectivity index (χ4n) is 3.41. The molecular weight excluding hydrogens is 268 g/mol. The Morgan fingerprint density at radius 1 is 1.38 bits per heavy atom. The lowest BCUT2D eigenvalue weighted by Crippen LogP contribution is -2.53. The maximum absolute atomic E-state index is 11.2. The molecule has 2 aliphatic rings. The predicted molar refractivity (Wildman–Crippen MR) is 79.0 cm³/mol. The van der Waals surface area contributed by atoms with Crippen LogP contribution in [0.25, 0.3) is 0 Å². The van der Waals surface area contributed by atoms with E-state index in [0.29, 0.717) is 0 Å². The van der Waals surface area contributed by atoms with Crippen molar-refractivity contribution in [1.29, 1.82) is 0 Å². The molecule has 2 aliphatic heterocycles. The molecule has 6 nitrogen and oxygen atoms in total. The summed E-state index contributed by atoms with van der Waals surface area (Å²) in [5.41, 5.74) is 0.999. The molecule has 1 spiro atoms. The smallest absolute Gasteiger partial charge is 0.217 e. The van der Waals surface area contributed by atoms with Crippen molar-refractivity contribution in [2.45, 2.75) is 44.2 Å². The molecule has 6 heteroatoms. The molecule has 1 atom stereocenters. The normalized spacial score (nSPS) is 24.8. The van der Waals surface area contributed by atoms with E-state index in [2.05, 4.69) is 20.2 Å². The van der Waals surface area contributed by atoms with Crippen molar-refractivity contribution in [3.05, 3.63) is 18.7 Å². The molecule has 1 aromatic rings. The number of nitrogens with one attached hydrogen (secondary N) is 1. The highest BCUT2D eigenvalue weighted by atomic mass is 16.5. The first kappa shape index (κ1) is 14.3. The summed E-state index contributed by atoms with van der Waals surface area (Å²) in [6.45, 7) is 4.21. The maximum atomic E-state index is 11.2. The van der Waals surface area contributed by atoms with E-state index in [1.54, 1.807) is 13.3 Å². The number of hydrogen-bond acceptors (Lipinski definition) is 5. The van der Waals surface area contributed by atoms with Crippen LogP contribution in [0.1, 0.15) is 32.6 Å². The summed E-state index contributed by atoms with van der Waals surface area (Å²) in [6, 6.07) is 0.253. The maximum Gasteiger partial charge on any atom is 0.217 e. The Labute approximate surface area is 124 Å². The van der Waals surface area contributed by atoms with Gasteiger partial charge in [-0.1, -0.05) is 0 Å². The van der Waals surface area contributed by atoms with Gasteiger partial charge in [-0.2, -0.15) is 0 Å². The van der Waals surface area contributed by atoms with Crippen LogP contribution in [0, 0.1) is 0 Å². The zero-order chi connectivity index (χ0) is 14.7. The molecule has 0 saturated carbocycles. The van der Waals surface area contributed by atoms with Crippen molar-refractivity contribution in [3.63, 3.8) is 0 Å². The van der Waals surface area contributed by atoms with Crippen LogP contribution in [0.2, 0.25) is 0 Å². The number of carbonyl (C=O) groups is 1. The number of nitrogens with zero attached hydrogens (tertiary/aromatic N) is 3. The van der Waals surface area contributed by atoms with Crippen LogP contribution < -0.4 is 10.2 Å². The molecule has 0 aliphatic carbocycles. The minimum atomic E-state index is -0.0719. The molecule has 0 radical (unpaired) electrons. The third-order valence-corrected chi connectivity index (χ3v) is 4.49. The quantitative estimate of drug-likeness (QED) is 0.884. The van der Waals surface area contributed by atoms with Crippen LogP contribution in [0.3, 0.4) is 0 Å². The van der Waals surface area contributed by atoms with E-state index in [1.807, 2.05) is 12.4 Å². The van der Waals surface area contributed by atoms with Crippen molar-refractivity contribution in [2.24, 2.45) is 0 Å². The zero-order valence-electron chi connectivity index (χ0n) is 12.4. The lowest BCUT2D eigenvalue weighted by molar-refractivity contribution is -0.125. The SMILES string of the molecule is CC(=O)N[C@H]1CCOC2(CCN(c3cncnc3)CC2)C1. The lowest BCUT2D eigenvalue weighted by atomic mass is 9.82. The number of anilines is 1. The summed E-state index contributed by atoms with van der Waals surface area (Å²) in [7, 11) is 0. The van der Waals surface area contributed by atoms with E-state index in [9.17, 15) is 4.79 Å². The van der Waals surface area contributed by atoms with Crippen molar-refractivity contribution in [2.75, 3.05) is 24.6 Å². The highest BCUT2D eigenvalue weighted by molar-refractivity contribution is 5.73. The first-order chi connectivity index (χ1) is 10.2. The average Bonchev–Trinajstić information content (AvgIpc) is 2.48. The highest BCUT2D eigenvalue weighted by Gasteiger charge is 2.40. The Kier molecular flexibility index (Phi) is 4.05. The topological polar surface area (TPSA) is 67.3 Å². The Morgan fingerprint density at radius 2 is 2.10 bits per heavy atom. The van der Waals surface area contributed by atoms with Crippen molar-refractivity contribution in [1.82, 2.24) is 15.3 Å². The second kappa shape index (κ2) is 5.97. The summed E-state index contributed by atoms with van der Waals surface area (Å²) in [5, 5.41) is 3.04. The highest BCUT2D eigenvalue weighted by Crippen LogP contribution is 2.36. The molecule has 1 N–H and O–H groups in total. The van der Waals surface area contributed by atoms with Crippen LogP contribution >= 0.6 is 0 Å². The standard InChI is InChI=1S/C15H22N4O2/c1-12(20)18-13-2-7-21-15(8-13)3-5-19(6-4-15)14-9-16-11-17-10-14/h9-11,13H,2-8H2,1H3,(H,18,20)/t13-/m0/s1. The van der Waals surface area contributed by atoms with E-state index in [1.165, 1.54) is 0 Å². The van der Waals surface area contributed by atoms with E-state index >= 15 is 0 Å². The molecule has 2 fully saturated rings. The van der Waals surface area contributed by atoms with Gasteiger partial charge in [-0.05, 0) is 25.7 Å². The summed E-state index contributed by atoms with van der Waals surface area (Å²) in [5.74, 6) is 0.0518. The number of hydrogen-bond donors (Lipinski definition) is 1. The minimum Gasteiger partial charge on any atom is -0.375 e. The van der Waals surface area contributed by atoms with Gasteiger partial charge in [0.05, 0.1) is 23.7 Å². The fourth-order valence-corrected chi connectivity index (χ4v) is 3.41. The van der Waals surface area contributed by atoms with Gasteiger partial charge in [0, 0.05) is 32.7 Å². The van der Waals surface area contributed by atoms with E-state index in [-0.39, 0.29) is 17.6 Å². The van der Waals surface area contributed by atoms with Gasteiger partial charge in [0.25, 0.3) is 0 Å². The average molecular weight is 290 g/mol. The summed E-state index contributed by atoms with van der Waals surface area (Å²) < 4.78 is 6.09. The van der Waals surface area contributed by atoms with Gasteiger partial charge >= 0.3 is 0 Å². The zero-order valence-corrected chi connectivity index (χ0v) is 12.4. The van der Waals surface area contributed by atoms with Crippen molar-refractivity contribution >= 4 is 11.6 Å². The summed E-state index contributed by atoms with van der Waals surface area (Å²) >= 11 is 0. The Hall–Kier alpha value is -1.69. The molecule has 0 bridgehead atoms. The summed E-state index contributed by atoms with van der Waals surface area (Å²) in [6.07, 6.45) is 9.07. The third kappa shape index (κ3) is 3.32. The number of aromatic nitrogens is 2. The van der Waals surface area contributed by atoms with Crippen molar-refractivity contribution < 1.29 is 9.53 Å². The monoisotopic (exact) mass is 290 g/mol. The molecule has 3 heterocycles. The molecule has 1 aromatic heterocycles. The number of piperidine rings is 1. The van der Waals surface area contributed by atoms with Gasteiger partial charge in [0.1, 0.15) is 6.33 Å². The Bertz CT molecular complexity index is 486. The molecule has 2 saturated heterocycles. The molecule has 21 heavy (non-hydrogen) atoms.